The summed E-state index contributed by atoms with van der Waals surface area (Å²) in [6.45, 7) is 24.9. The van der Waals surface area contributed by atoms with Crippen LogP contribution in [0.3, 0.4) is 0 Å². The molecular weight excluding hydrogens is 657 g/mol. The molecule has 3 N–H and O–H groups in total. The van der Waals surface area contributed by atoms with Crippen molar-refractivity contribution in [3.8, 4) is 0 Å². The Kier molecular flexibility index (Phi) is 9.16. The van der Waals surface area contributed by atoms with Gasteiger partial charge in [0.05, 0.1) is 17.0 Å². The number of ether oxygens (including phenoxy) is 1. The maximum atomic E-state index is 14.0. The van der Waals surface area contributed by atoms with E-state index in [9.17, 15) is 14.4 Å². The zero-order chi connectivity index (χ0) is 38.7. The highest BCUT2D eigenvalue weighted by Gasteiger charge is 2.70. The first-order chi connectivity index (χ1) is 24.5. The number of rotatable bonds is 7. The van der Waals surface area contributed by atoms with Crippen molar-refractivity contribution in [3.63, 3.8) is 0 Å². The van der Waals surface area contributed by atoms with Crippen LogP contribution in [0.5, 0.6) is 0 Å². The van der Waals surface area contributed by atoms with Crippen molar-refractivity contribution < 1.29 is 19.1 Å². The number of amides is 1. The number of allylic oxidation sites excluding steroid dienone is 1. The van der Waals surface area contributed by atoms with Crippen LogP contribution < -0.4 is 11.1 Å². The summed E-state index contributed by atoms with van der Waals surface area (Å²) in [5.74, 6) is 1.88. The summed E-state index contributed by atoms with van der Waals surface area (Å²) in [5, 5.41) is 3.42. The zero-order valence-corrected chi connectivity index (χ0v) is 34.9. The molecule has 0 bridgehead atoms. The summed E-state index contributed by atoms with van der Waals surface area (Å²) in [6, 6.07) is 10.7. The second-order valence-corrected chi connectivity index (χ2v) is 21.7. The van der Waals surface area contributed by atoms with Gasteiger partial charge in [0, 0.05) is 11.8 Å². The van der Waals surface area contributed by atoms with E-state index >= 15 is 0 Å². The standard InChI is InChI=1S/C47H70N2O4/c1-28(2)37-33(50)27-47(49-40(52)43(7,8)48)24-23-45(10)31(38(37)47)17-18-35-44(9)21-20-36(42(5,6)34(44)19-22-46(35,45)11)53-39(51)32-26-30(41(32,3)4)25-29-15-13-12-14-16-29/h12-16,28,30-32,34-36H,17-27,48H2,1-11H3,(H,49,52)/t30-,31+,32-,34-,35+,36-,44-,45+,46+,47+/m0/s1. The Morgan fingerprint density at radius 3 is 2.17 bits per heavy atom. The van der Waals surface area contributed by atoms with Gasteiger partial charge in [0.1, 0.15) is 6.10 Å². The summed E-state index contributed by atoms with van der Waals surface area (Å²) in [6.07, 6.45) is 10.4. The number of hydrogen-bond acceptors (Lipinski definition) is 5. The van der Waals surface area contributed by atoms with Crippen LogP contribution >= 0.6 is 0 Å². The van der Waals surface area contributed by atoms with Gasteiger partial charge < -0.3 is 15.8 Å². The third-order valence-electron chi connectivity index (χ3n) is 17.6. The van der Waals surface area contributed by atoms with Crippen LogP contribution in [-0.2, 0) is 25.5 Å². The molecule has 1 aromatic rings. The number of hydrogen-bond donors (Lipinski definition) is 2. The quantitative estimate of drug-likeness (QED) is 0.273. The van der Waals surface area contributed by atoms with Gasteiger partial charge >= 0.3 is 5.97 Å². The van der Waals surface area contributed by atoms with Crippen LogP contribution in [0.15, 0.2) is 41.5 Å². The average Bonchev–Trinajstić information content (AvgIpc) is 3.36. The molecule has 10 atom stereocenters. The van der Waals surface area contributed by atoms with Crippen LogP contribution in [0.4, 0.5) is 0 Å². The van der Waals surface area contributed by atoms with E-state index in [1.54, 1.807) is 13.8 Å². The molecule has 6 heteroatoms. The number of nitrogens with two attached hydrogens (primary N) is 1. The molecule has 6 aliphatic carbocycles. The molecule has 5 saturated carbocycles. The van der Waals surface area contributed by atoms with Gasteiger partial charge in [-0.25, -0.2) is 0 Å². The fourth-order valence-corrected chi connectivity index (χ4v) is 14.2. The third-order valence-corrected chi connectivity index (χ3v) is 17.6. The van der Waals surface area contributed by atoms with Crippen LogP contribution in [0.25, 0.3) is 0 Å². The van der Waals surface area contributed by atoms with Crippen molar-refractivity contribution in [3.05, 3.63) is 47.0 Å². The van der Waals surface area contributed by atoms with E-state index in [0.29, 0.717) is 24.2 Å². The van der Waals surface area contributed by atoms with Crippen molar-refractivity contribution in [1.29, 1.82) is 0 Å². The van der Waals surface area contributed by atoms with E-state index < -0.39 is 11.1 Å². The summed E-state index contributed by atoms with van der Waals surface area (Å²) >= 11 is 0. The van der Waals surface area contributed by atoms with E-state index in [1.807, 2.05) is 0 Å². The monoisotopic (exact) mass is 727 g/mol. The minimum Gasteiger partial charge on any atom is -0.462 e. The molecule has 53 heavy (non-hydrogen) atoms. The van der Waals surface area contributed by atoms with Gasteiger partial charge in [0.25, 0.3) is 0 Å². The first kappa shape index (κ1) is 38.8. The number of carbonyl (C=O) groups excluding carboxylic acids is 3. The third kappa shape index (κ3) is 5.67. The molecule has 1 amide bonds. The van der Waals surface area contributed by atoms with Gasteiger partial charge in [-0.15, -0.1) is 0 Å². The van der Waals surface area contributed by atoms with E-state index in [-0.39, 0.29) is 68.6 Å². The minimum atomic E-state index is -1.01. The van der Waals surface area contributed by atoms with Gasteiger partial charge in [-0.1, -0.05) is 92.6 Å². The second kappa shape index (κ2) is 12.5. The molecule has 0 aromatic heterocycles. The number of Topliss-reactive ketones (excluding diaryl/α,β-unsaturated/α-hetero) is 1. The fourth-order valence-electron chi connectivity index (χ4n) is 14.2. The molecule has 292 valence electrons. The topological polar surface area (TPSA) is 98.5 Å². The first-order valence-electron chi connectivity index (χ1n) is 21.2. The van der Waals surface area contributed by atoms with Gasteiger partial charge in [-0.05, 0) is 146 Å². The highest BCUT2D eigenvalue weighted by atomic mass is 16.5. The summed E-state index contributed by atoms with van der Waals surface area (Å²) < 4.78 is 6.64. The molecule has 6 aliphatic rings. The maximum absolute atomic E-state index is 14.0. The van der Waals surface area contributed by atoms with Crippen LogP contribution in [0, 0.1) is 62.6 Å². The van der Waals surface area contributed by atoms with Crippen molar-refractivity contribution in [2.45, 2.75) is 164 Å². The van der Waals surface area contributed by atoms with Crippen molar-refractivity contribution in [1.82, 2.24) is 5.32 Å². The molecule has 0 spiro atoms. The van der Waals surface area contributed by atoms with Crippen LogP contribution in [0.2, 0.25) is 0 Å². The van der Waals surface area contributed by atoms with Crippen molar-refractivity contribution >= 4 is 17.7 Å². The van der Waals surface area contributed by atoms with E-state index in [2.05, 4.69) is 98.0 Å². The normalized spacial score (nSPS) is 41.4. The molecule has 0 unspecified atom stereocenters. The van der Waals surface area contributed by atoms with Gasteiger partial charge in [0.15, 0.2) is 5.78 Å². The fraction of sp³-hybridized carbons (Fsp3) is 0.766. The van der Waals surface area contributed by atoms with Crippen LogP contribution in [-0.4, -0.2) is 34.8 Å². The lowest BCUT2D eigenvalue weighted by molar-refractivity contribution is -0.235. The molecule has 6 nitrogen and oxygen atoms in total. The van der Waals surface area contributed by atoms with E-state index in [4.69, 9.17) is 10.5 Å². The van der Waals surface area contributed by atoms with Crippen LogP contribution in [0.1, 0.15) is 146 Å². The molecular formula is C47H70N2O4. The van der Waals surface area contributed by atoms with E-state index in [1.165, 1.54) is 11.1 Å². The average molecular weight is 727 g/mol. The summed E-state index contributed by atoms with van der Waals surface area (Å²) in [7, 11) is 0. The Hall–Kier alpha value is -2.47. The van der Waals surface area contributed by atoms with E-state index in [0.717, 1.165) is 69.8 Å². The number of carbonyl (C=O) groups is 3. The van der Waals surface area contributed by atoms with Gasteiger partial charge in [0.2, 0.25) is 5.91 Å². The largest absolute Gasteiger partial charge is 0.462 e. The Bertz CT molecular complexity index is 1680. The van der Waals surface area contributed by atoms with Crippen molar-refractivity contribution in [2.75, 3.05) is 0 Å². The SMILES string of the molecule is CC(C)C1=C2[C@H]3CC[C@@H]4[C@@]5(C)CC[C@H](OC(=O)[C@@H]6C[C@H](Cc7ccccc7)C6(C)C)C(C)(C)[C@@H]5CC[C@@]4(C)[C@]3(C)CC[C@@]2(NC(=O)C(C)(C)N)CC1=O. The summed E-state index contributed by atoms with van der Waals surface area (Å²) in [5.41, 5.74) is 8.31. The number of fused-ring (bicyclic) bond motifs is 7. The predicted octanol–water partition coefficient (Wildman–Crippen LogP) is 9.39. The zero-order valence-electron chi connectivity index (χ0n) is 34.9. The van der Waals surface area contributed by atoms with Gasteiger partial charge in [-0.2, -0.15) is 0 Å². The lowest BCUT2D eigenvalue weighted by atomic mass is 9.33. The molecule has 0 heterocycles. The number of nitrogens with one attached hydrogen (secondary N) is 1. The summed E-state index contributed by atoms with van der Waals surface area (Å²) in [4.78, 5) is 41.4. The Morgan fingerprint density at radius 2 is 1.55 bits per heavy atom. The predicted molar refractivity (Wildman–Crippen MR) is 212 cm³/mol. The maximum Gasteiger partial charge on any atom is 0.309 e. The molecule has 0 saturated heterocycles. The smallest absolute Gasteiger partial charge is 0.309 e. The minimum absolute atomic E-state index is 0.00992. The number of esters is 1. The number of benzene rings is 1. The molecule has 0 aliphatic heterocycles. The highest BCUT2D eigenvalue weighted by Crippen LogP contribution is 2.76. The van der Waals surface area contributed by atoms with Crippen molar-refractivity contribution in [2.24, 2.45) is 68.3 Å². The Labute approximate surface area is 320 Å². The lowest BCUT2D eigenvalue weighted by Gasteiger charge is -2.72. The number of ketones is 1. The molecule has 1 aromatic carbocycles. The molecule has 7 rings (SSSR count). The molecule has 5 fully saturated rings. The first-order valence-corrected chi connectivity index (χ1v) is 21.2. The van der Waals surface area contributed by atoms with Gasteiger partial charge in [-0.3, -0.25) is 14.4 Å². The Balaban J connectivity index is 1.11. The highest BCUT2D eigenvalue weighted by molar-refractivity contribution is 6.02. The molecule has 0 radical (unpaired) electrons. The second-order valence-electron chi connectivity index (χ2n) is 21.7. The Morgan fingerprint density at radius 1 is 0.868 bits per heavy atom. The lowest BCUT2D eigenvalue weighted by Crippen LogP contribution is -2.68.